The Hall–Kier alpha value is -2.41. The van der Waals surface area contributed by atoms with Crippen molar-refractivity contribution < 1.29 is 18.8 Å². The smallest absolute Gasteiger partial charge is 0.319 e. The van der Waals surface area contributed by atoms with Crippen LogP contribution in [0.1, 0.15) is 31.0 Å². The van der Waals surface area contributed by atoms with Crippen LogP contribution in [0.3, 0.4) is 0 Å². The number of rotatable bonds is 10. The molecule has 0 saturated heterocycles. The Morgan fingerprint density at radius 1 is 1.31 bits per heavy atom. The molecule has 140 valence electrons. The molecule has 0 radical (unpaired) electrons. The van der Waals surface area contributed by atoms with Crippen molar-refractivity contribution >= 4 is 16.8 Å². The molecule has 0 fully saturated rings. The zero-order valence-corrected chi connectivity index (χ0v) is 15.5. The average molecular weight is 377 g/mol. The van der Waals surface area contributed by atoms with Crippen LogP contribution in [-0.4, -0.2) is 32.1 Å². The van der Waals surface area contributed by atoms with Crippen molar-refractivity contribution in [1.82, 2.24) is 4.98 Å². The first-order chi connectivity index (χ1) is 12.5. The number of nitrogens with one attached hydrogen (secondary N) is 1. The normalized spacial score (nSPS) is 13.1. The van der Waals surface area contributed by atoms with E-state index in [0.29, 0.717) is 18.7 Å². The van der Waals surface area contributed by atoms with E-state index in [1.165, 1.54) is 12.3 Å². The second kappa shape index (κ2) is 9.91. The molecule has 26 heavy (non-hydrogen) atoms. The van der Waals surface area contributed by atoms with Gasteiger partial charge < -0.3 is 14.8 Å². The van der Waals surface area contributed by atoms with E-state index in [-0.39, 0.29) is 23.4 Å². The van der Waals surface area contributed by atoms with E-state index in [2.05, 4.69) is 4.98 Å². The second-order valence-electron chi connectivity index (χ2n) is 5.91. The number of pyridine rings is 1. The zero-order valence-electron chi connectivity index (χ0n) is 14.6. The minimum absolute atomic E-state index is 0.0188. The SMILES string of the molecule is CCCOc1c[nH]c(CS(=O)C(CCc2ccccc2)C(=O)O)cc1=O. The van der Waals surface area contributed by atoms with Gasteiger partial charge in [0.1, 0.15) is 5.25 Å². The molecule has 0 saturated carbocycles. The van der Waals surface area contributed by atoms with Crippen LogP contribution >= 0.6 is 0 Å². The number of benzene rings is 1. The highest BCUT2D eigenvalue weighted by Gasteiger charge is 2.25. The Kier molecular flexibility index (Phi) is 7.59. The lowest BCUT2D eigenvalue weighted by molar-refractivity contribution is -0.136. The molecule has 7 heteroatoms. The molecule has 2 unspecified atom stereocenters. The van der Waals surface area contributed by atoms with Gasteiger partial charge in [0.25, 0.3) is 0 Å². The van der Waals surface area contributed by atoms with Crippen molar-refractivity contribution in [2.24, 2.45) is 0 Å². The first kappa shape index (κ1) is 19.9. The number of H-pyrrole nitrogens is 1. The van der Waals surface area contributed by atoms with E-state index in [1.807, 2.05) is 37.3 Å². The molecular weight excluding hydrogens is 354 g/mol. The Morgan fingerprint density at radius 3 is 2.65 bits per heavy atom. The van der Waals surface area contributed by atoms with Crippen LogP contribution < -0.4 is 10.2 Å². The third-order valence-corrected chi connectivity index (χ3v) is 5.49. The van der Waals surface area contributed by atoms with Crippen LogP contribution in [-0.2, 0) is 27.8 Å². The lowest BCUT2D eigenvalue weighted by atomic mass is 10.1. The van der Waals surface area contributed by atoms with E-state index in [4.69, 9.17) is 4.74 Å². The van der Waals surface area contributed by atoms with Gasteiger partial charge in [-0.05, 0) is 24.8 Å². The fraction of sp³-hybridized carbons (Fsp3) is 0.368. The minimum Gasteiger partial charge on any atom is -0.488 e. The fourth-order valence-electron chi connectivity index (χ4n) is 2.47. The summed E-state index contributed by atoms with van der Waals surface area (Å²) in [5.74, 6) is -0.903. The molecule has 1 aromatic heterocycles. The lowest BCUT2D eigenvalue weighted by Gasteiger charge is -2.13. The van der Waals surface area contributed by atoms with Gasteiger partial charge in [-0.2, -0.15) is 0 Å². The summed E-state index contributed by atoms with van der Waals surface area (Å²) in [5.41, 5.74) is 1.13. The summed E-state index contributed by atoms with van der Waals surface area (Å²) in [6, 6.07) is 10.8. The van der Waals surface area contributed by atoms with E-state index in [1.54, 1.807) is 0 Å². The fourth-order valence-corrected chi connectivity index (χ4v) is 3.75. The van der Waals surface area contributed by atoms with Crippen molar-refractivity contribution in [2.45, 2.75) is 37.2 Å². The summed E-state index contributed by atoms with van der Waals surface area (Å²) in [7, 11) is -1.64. The number of ether oxygens (including phenoxy) is 1. The van der Waals surface area contributed by atoms with Gasteiger partial charge in [0.05, 0.1) is 12.4 Å². The van der Waals surface area contributed by atoms with E-state index in [0.717, 1.165) is 12.0 Å². The monoisotopic (exact) mass is 377 g/mol. The molecule has 0 aliphatic heterocycles. The Labute approximate surface area is 154 Å². The van der Waals surface area contributed by atoms with Crippen molar-refractivity contribution in [3.63, 3.8) is 0 Å². The van der Waals surface area contributed by atoms with E-state index >= 15 is 0 Å². The number of aryl methyl sites for hydroxylation is 1. The second-order valence-corrected chi connectivity index (χ2v) is 7.53. The van der Waals surface area contributed by atoms with Crippen LogP contribution in [0.5, 0.6) is 5.75 Å². The first-order valence-corrected chi connectivity index (χ1v) is 9.87. The minimum atomic E-state index is -1.64. The number of hydrogen-bond acceptors (Lipinski definition) is 4. The van der Waals surface area contributed by atoms with Crippen molar-refractivity contribution in [2.75, 3.05) is 6.61 Å². The van der Waals surface area contributed by atoms with Gasteiger partial charge >= 0.3 is 5.97 Å². The summed E-state index contributed by atoms with van der Waals surface area (Å²) in [5, 5.41) is 8.42. The molecule has 2 N–H and O–H groups in total. The van der Waals surface area contributed by atoms with Gasteiger partial charge in [-0.3, -0.25) is 13.8 Å². The molecular formula is C19H23NO5S. The summed E-state index contributed by atoms with van der Waals surface area (Å²) in [4.78, 5) is 26.4. The first-order valence-electron chi connectivity index (χ1n) is 8.49. The highest BCUT2D eigenvalue weighted by Crippen LogP contribution is 2.13. The number of carboxylic acids is 1. The molecule has 0 bridgehead atoms. The molecule has 1 heterocycles. The van der Waals surface area contributed by atoms with Gasteiger partial charge in [-0.25, -0.2) is 0 Å². The molecule has 2 aromatic rings. The van der Waals surface area contributed by atoms with Gasteiger partial charge in [-0.15, -0.1) is 0 Å². The quantitative estimate of drug-likeness (QED) is 0.663. The van der Waals surface area contributed by atoms with Gasteiger partial charge in [0, 0.05) is 28.8 Å². The number of aromatic amines is 1. The zero-order chi connectivity index (χ0) is 18.9. The molecule has 0 aliphatic rings. The summed E-state index contributed by atoms with van der Waals surface area (Å²) in [6.45, 7) is 2.38. The maximum atomic E-state index is 12.5. The Balaban J connectivity index is 2.01. The third kappa shape index (κ3) is 5.84. The molecule has 0 spiro atoms. The summed E-state index contributed by atoms with van der Waals surface area (Å²) in [6.07, 6.45) is 3.02. The highest BCUT2D eigenvalue weighted by molar-refractivity contribution is 7.85. The van der Waals surface area contributed by atoms with Crippen LogP contribution in [0.25, 0.3) is 0 Å². The lowest BCUT2D eigenvalue weighted by Crippen LogP contribution is -2.27. The molecule has 6 nitrogen and oxygen atoms in total. The van der Waals surface area contributed by atoms with Gasteiger partial charge in [-0.1, -0.05) is 37.3 Å². The van der Waals surface area contributed by atoms with E-state index in [9.17, 15) is 18.9 Å². The molecule has 1 aromatic carbocycles. The Bertz CT molecular complexity index is 803. The summed E-state index contributed by atoms with van der Waals surface area (Å²) < 4.78 is 17.8. The van der Waals surface area contributed by atoms with Gasteiger partial charge in [0.2, 0.25) is 5.43 Å². The highest BCUT2D eigenvalue weighted by atomic mass is 32.2. The molecule has 2 rings (SSSR count). The predicted octanol–water partition coefficient (Wildman–Crippen LogP) is 2.50. The van der Waals surface area contributed by atoms with Crippen molar-refractivity contribution in [1.29, 1.82) is 0 Å². The number of carboxylic acid groups (broad SMARTS) is 1. The molecule has 0 aliphatic carbocycles. The average Bonchev–Trinajstić information content (AvgIpc) is 2.62. The largest absolute Gasteiger partial charge is 0.488 e. The predicted molar refractivity (Wildman–Crippen MR) is 101 cm³/mol. The van der Waals surface area contributed by atoms with Crippen LogP contribution in [0.2, 0.25) is 0 Å². The van der Waals surface area contributed by atoms with Crippen molar-refractivity contribution in [3.8, 4) is 5.75 Å². The van der Waals surface area contributed by atoms with Crippen LogP contribution in [0, 0.1) is 0 Å². The third-order valence-electron chi connectivity index (χ3n) is 3.83. The number of aromatic nitrogens is 1. The maximum absolute atomic E-state index is 12.5. The Morgan fingerprint density at radius 2 is 2.04 bits per heavy atom. The van der Waals surface area contributed by atoms with Gasteiger partial charge in [0.15, 0.2) is 5.75 Å². The van der Waals surface area contributed by atoms with Crippen molar-refractivity contribution in [3.05, 3.63) is 64.1 Å². The number of carbonyl (C=O) groups is 1. The van der Waals surface area contributed by atoms with Crippen LogP contribution in [0.15, 0.2) is 47.4 Å². The molecule has 0 amide bonds. The standard InChI is InChI=1S/C19H23NO5S/c1-2-10-25-17-12-20-15(11-16(17)21)13-26(24)18(19(22)23)9-8-14-6-4-3-5-7-14/h3-7,11-12,18H,2,8-10,13H2,1H3,(H,20,21)(H,22,23). The number of aliphatic carboxylic acids is 1. The topological polar surface area (TPSA) is 96.5 Å². The molecule has 2 atom stereocenters. The number of hydrogen-bond donors (Lipinski definition) is 2. The van der Waals surface area contributed by atoms with Crippen LogP contribution in [0.4, 0.5) is 0 Å². The maximum Gasteiger partial charge on any atom is 0.319 e. The summed E-state index contributed by atoms with van der Waals surface area (Å²) >= 11 is 0. The van der Waals surface area contributed by atoms with E-state index < -0.39 is 22.0 Å².